The van der Waals surface area contributed by atoms with Gasteiger partial charge in [-0.2, -0.15) is 8.42 Å². The second-order valence-electron chi connectivity index (χ2n) is 3.26. The number of sulfonamides is 1. The van der Waals surface area contributed by atoms with Gasteiger partial charge in [-0.05, 0) is 28.1 Å². The van der Waals surface area contributed by atoms with E-state index < -0.39 is 10.0 Å². The minimum absolute atomic E-state index is 0.0933. The molecule has 0 fully saturated rings. The van der Waals surface area contributed by atoms with Crippen LogP contribution in [0.3, 0.4) is 0 Å². The fourth-order valence-electron chi connectivity index (χ4n) is 1.26. The Morgan fingerprint density at radius 3 is 2.72 bits per heavy atom. The summed E-state index contributed by atoms with van der Waals surface area (Å²) in [4.78, 5) is 3.84. The Labute approximate surface area is 116 Å². The van der Waals surface area contributed by atoms with Crippen LogP contribution in [0, 0.1) is 0 Å². The van der Waals surface area contributed by atoms with E-state index in [-0.39, 0.29) is 20.6 Å². The van der Waals surface area contributed by atoms with Crippen molar-refractivity contribution in [3.63, 3.8) is 0 Å². The topological polar surface area (TPSA) is 89.8 Å². The molecule has 18 heavy (non-hydrogen) atoms. The first-order valence-corrected chi connectivity index (χ1v) is 7.26. The molecule has 0 saturated carbocycles. The number of hydrogen-bond acceptors (Lipinski definition) is 5. The number of halogens is 2. The maximum absolute atomic E-state index is 12.1. The van der Waals surface area contributed by atoms with Crippen LogP contribution in [0.15, 0.2) is 27.8 Å². The van der Waals surface area contributed by atoms with Gasteiger partial charge in [-0.15, -0.1) is 5.10 Å². The van der Waals surface area contributed by atoms with Crippen molar-refractivity contribution in [2.45, 2.75) is 5.03 Å². The highest BCUT2D eigenvalue weighted by Gasteiger charge is 2.24. The molecule has 2 heterocycles. The number of nitrogens with one attached hydrogen (secondary N) is 1. The van der Waals surface area contributed by atoms with Gasteiger partial charge in [0, 0.05) is 7.05 Å². The van der Waals surface area contributed by atoms with Crippen molar-refractivity contribution in [2.75, 3.05) is 4.72 Å². The number of nitrogens with zero attached hydrogens (tertiary/aromatic N) is 4. The lowest BCUT2D eigenvalue weighted by Crippen LogP contribution is -2.17. The standard InChI is InChI=1S/C8H7BrClN5O2S/c1-15-8(7(9)12-14-15)18(16,17)13-6-4-2-3-5(10)11-6/h2-4H,1H3,(H,11,13). The van der Waals surface area contributed by atoms with E-state index in [2.05, 4.69) is 35.9 Å². The minimum atomic E-state index is -3.83. The van der Waals surface area contributed by atoms with Crippen molar-refractivity contribution >= 4 is 43.4 Å². The van der Waals surface area contributed by atoms with E-state index in [1.54, 1.807) is 12.1 Å². The Morgan fingerprint density at radius 2 is 2.17 bits per heavy atom. The van der Waals surface area contributed by atoms with Crippen LogP contribution in [0.1, 0.15) is 0 Å². The number of rotatable bonds is 3. The van der Waals surface area contributed by atoms with Crippen molar-refractivity contribution in [1.29, 1.82) is 0 Å². The van der Waals surface area contributed by atoms with Crippen LogP contribution in [0.5, 0.6) is 0 Å². The maximum Gasteiger partial charge on any atom is 0.283 e. The summed E-state index contributed by atoms with van der Waals surface area (Å²) in [5, 5.41) is 7.30. The lowest BCUT2D eigenvalue weighted by atomic mass is 10.5. The fraction of sp³-hybridized carbons (Fsp3) is 0.125. The van der Waals surface area contributed by atoms with E-state index in [0.717, 1.165) is 4.68 Å². The van der Waals surface area contributed by atoms with Gasteiger partial charge in [0.15, 0.2) is 4.60 Å². The van der Waals surface area contributed by atoms with Crippen LogP contribution in [-0.4, -0.2) is 28.4 Å². The van der Waals surface area contributed by atoms with Gasteiger partial charge in [0.1, 0.15) is 11.0 Å². The maximum atomic E-state index is 12.1. The molecule has 7 nitrogen and oxygen atoms in total. The second kappa shape index (κ2) is 4.82. The van der Waals surface area contributed by atoms with Gasteiger partial charge in [0.05, 0.1) is 0 Å². The SMILES string of the molecule is Cn1nnc(Br)c1S(=O)(=O)Nc1cccc(Cl)n1. The third-order valence-electron chi connectivity index (χ3n) is 1.95. The van der Waals surface area contributed by atoms with E-state index in [4.69, 9.17) is 11.6 Å². The molecule has 2 aromatic heterocycles. The highest BCUT2D eigenvalue weighted by Crippen LogP contribution is 2.21. The van der Waals surface area contributed by atoms with Crippen LogP contribution in [0.2, 0.25) is 5.15 Å². The third kappa shape index (κ3) is 2.62. The van der Waals surface area contributed by atoms with Crippen LogP contribution < -0.4 is 4.72 Å². The number of anilines is 1. The van der Waals surface area contributed by atoms with Crippen molar-refractivity contribution in [1.82, 2.24) is 20.0 Å². The summed E-state index contributed by atoms with van der Waals surface area (Å²) < 4.78 is 27.7. The molecule has 1 N–H and O–H groups in total. The molecule has 0 aliphatic heterocycles. The van der Waals surface area contributed by atoms with E-state index in [1.165, 1.54) is 13.1 Å². The molecule has 96 valence electrons. The normalized spacial score (nSPS) is 11.5. The summed E-state index contributed by atoms with van der Waals surface area (Å²) in [5.41, 5.74) is 0. The molecule has 2 rings (SSSR count). The summed E-state index contributed by atoms with van der Waals surface area (Å²) in [5.74, 6) is 0.121. The van der Waals surface area contributed by atoms with Gasteiger partial charge in [-0.1, -0.05) is 22.9 Å². The van der Waals surface area contributed by atoms with Crippen LogP contribution >= 0.6 is 27.5 Å². The van der Waals surface area contributed by atoms with E-state index in [0.29, 0.717) is 0 Å². The summed E-state index contributed by atoms with van der Waals surface area (Å²) in [6.07, 6.45) is 0. The van der Waals surface area contributed by atoms with Gasteiger partial charge >= 0.3 is 0 Å². The Morgan fingerprint density at radius 1 is 1.44 bits per heavy atom. The zero-order valence-corrected chi connectivity index (χ0v) is 12.2. The first-order valence-electron chi connectivity index (χ1n) is 4.61. The van der Waals surface area contributed by atoms with Crippen LogP contribution in [-0.2, 0) is 17.1 Å². The Hall–Kier alpha value is -1.19. The summed E-state index contributed by atoms with van der Waals surface area (Å²) >= 11 is 8.70. The highest BCUT2D eigenvalue weighted by atomic mass is 79.9. The van der Waals surface area contributed by atoms with E-state index >= 15 is 0 Å². The molecule has 0 aliphatic carbocycles. The van der Waals surface area contributed by atoms with Crippen molar-refractivity contribution in [2.24, 2.45) is 7.05 Å². The Bertz CT molecular complexity index is 667. The fourth-order valence-corrected chi connectivity index (χ4v) is 3.52. The summed E-state index contributed by atoms with van der Waals surface area (Å²) in [6, 6.07) is 4.62. The molecular formula is C8H7BrClN5O2S. The lowest BCUT2D eigenvalue weighted by Gasteiger charge is -2.07. The zero-order chi connectivity index (χ0) is 13.3. The molecule has 0 saturated heterocycles. The first kappa shape index (κ1) is 13.2. The van der Waals surface area contributed by atoms with Gasteiger partial charge in [0.2, 0.25) is 5.03 Å². The molecule has 0 spiro atoms. The molecule has 2 aromatic rings. The first-order chi connectivity index (χ1) is 8.40. The van der Waals surface area contributed by atoms with E-state index in [1.807, 2.05) is 0 Å². The lowest BCUT2D eigenvalue weighted by molar-refractivity contribution is 0.578. The molecule has 0 aromatic carbocycles. The smallest absolute Gasteiger partial charge is 0.262 e. The molecule has 0 bridgehead atoms. The summed E-state index contributed by atoms with van der Waals surface area (Å²) in [6.45, 7) is 0. The zero-order valence-electron chi connectivity index (χ0n) is 9.00. The average Bonchev–Trinajstić information content (AvgIpc) is 2.58. The van der Waals surface area contributed by atoms with Crippen LogP contribution in [0.4, 0.5) is 5.82 Å². The molecule has 10 heteroatoms. The predicted octanol–water partition coefficient (Wildman–Crippen LogP) is 1.43. The molecule has 0 aliphatic rings. The van der Waals surface area contributed by atoms with Gasteiger partial charge < -0.3 is 0 Å². The predicted molar refractivity (Wildman–Crippen MR) is 68.8 cm³/mol. The second-order valence-corrected chi connectivity index (χ2v) is 6.00. The molecular weight excluding hydrogens is 346 g/mol. The quantitative estimate of drug-likeness (QED) is 0.844. The van der Waals surface area contributed by atoms with Crippen molar-refractivity contribution in [3.05, 3.63) is 28.0 Å². The van der Waals surface area contributed by atoms with Gasteiger partial charge in [-0.3, -0.25) is 4.72 Å². The molecule has 0 unspecified atom stereocenters. The number of pyridine rings is 1. The molecule has 0 atom stereocenters. The summed E-state index contributed by atoms with van der Waals surface area (Å²) in [7, 11) is -2.36. The number of aromatic nitrogens is 4. The Kier molecular flexibility index (Phi) is 3.55. The number of aryl methyl sites for hydroxylation is 1. The molecule has 0 amide bonds. The highest BCUT2D eigenvalue weighted by molar-refractivity contribution is 9.10. The minimum Gasteiger partial charge on any atom is -0.262 e. The third-order valence-corrected chi connectivity index (χ3v) is 4.40. The van der Waals surface area contributed by atoms with Crippen molar-refractivity contribution in [3.8, 4) is 0 Å². The van der Waals surface area contributed by atoms with E-state index in [9.17, 15) is 8.42 Å². The van der Waals surface area contributed by atoms with Gasteiger partial charge in [-0.25, -0.2) is 9.67 Å². The average molecular weight is 353 g/mol. The number of hydrogen-bond donors (Lipinski definition) is 1. The van der Waals surface area contributed by atoms with Crippen LogP contribution in [0.25, 0.3) is 0 Å². The largest absolute Gasteiger partial charge is 0.283 e. The monoisotopic (exact) mass is 351 g/mol. The van der Waals surface area contributed by atoms with Crippen molar-refractivity contribution < 1.29 is 8.42 Å². The Balaban J connectivity index is 2.39. The molecule has 0 radical (unpaired) electrons. The van der Waals surface area contributed by atoms with Gasteiger partial charge in [0.25, 0.3) is 10.0 Å².